The minimum atomic E-state index is -0.177. The highest BCUT2D eigenvalue weighted by molar-refractivity contribution is 7.99. The van der Waals surface area contributed by atoms with E-state index >= 15 is 0 Å². The number of fused-ring (bicyclic) bond motifs is 1. The number of amides is 1. The van der Waals surface area contributed by atoms with E-state index in [1.807, 2.05) is 43.3 Å². The number of halogens is 1. The van der Waals surface area contributed by atoms with Crippen LogP contribution in [0.25, 0.3) is 11.0 Å². The number of aromatic nitrogens is 2. The van der Waals surface area contributed by atoms with E-state index in [0.717, 1.165) is 50.2 Å². The molecule has 1 amide bonds. The zero-order valence-corrected chi connectivity index (χ0v) is 20.2. The van der Waals surface area contributed by atoms with E-state index in [9.17, 15) is 14.0 Å². The van der Waals surface area contributed by atoms with E-state index in [1.54, 1.807) is 10.6 Å². The van der Waals surface area contributed by atoms with Crippen LogP contribution in [0.3, 0.4) is 0 Å². The summed E-state index contributed by atoms with van der Waals surface area (Å²) >= 11 is 1.18. The molecule has 0 aliphatic carbocycles. The molecule has 3 aromatic rings. The van der Waals surface area contributed by atoms with Crippen molar-refractivity contribution in [3.63, 3.8) is 0 Å². The van der Waals surface area contributed by atoms with Gasteiger partial charge in [0.1, 0.15) is 5.82 Å². The van der Waals surface area contributed by atoms with Gasteiger partial charge in [-0.15, -0.1) is 0 Å². The van der Waals surface area contributed by atoms with Crippen LogP contribution in [-0.2, 0) is 11.3 Å². The zero-order valence-electron chi connectivity index (χ0n) is 19.4. The maximum absolute atomic E-state index is 14.0. The van der Waals surface area contributed by atoms with Crippen LogP contribution in [0.2, 0.25) is 0 Å². The molecule has 1 aromatic heterocycles. The van der Waals surface area contributed by atoms with Crippen LogP contribution in [0.1, 0.15) is 13.3 Å². The van der Waals surface area contributed by atoms with Gasteiger partial charge in [0.05, 0.1) is 22.5 Å². The van der Waals surface area contributed by atoms with Gasteiger partial charge in [-0.1, -0.05) is 36.0 Å². The van der Waals surface area contributed by atoms with E-state index in [2.05, 4.69) is 20.1 Å². The molecule has 1 fully saturated rings. The van der Waals surface area contributed by atoms with E-state index in [-0.39, 0.29) is 23.0 Å². The van der Waals surface area contributed by atoms with Crippen LogP contribution in [0.5, 0.6) is 0 Å². The first-order valence-corrected chi connectivity index (χ1v) is 12.7. The van der Waals surface area contributed by atoms with Gasteiger partial charge in [0.25, 0.3) is 5.56 Å². The molecule has 180 valence electrons. The summed E-state index contributed by atoms with van der Waals surface area (Å²) < 4.78 is 15.7. The Bertz CT molecular complexity index is 1190. The Morgan fingerprint density at radius 1 is 1.09 bits per heavy atom. The molecule has 0 unspecified atom stereocenters. The van der Waals surface area contributed by atoms with Crippen LogP contribution in [0.15, 0.2) is 58.4 Å². The molecule has 1 aliphatic rings. The second kappa shape index (κ2) is 11.5. The maximum Gasteiger partial charge on any atom is 0.283 e. The first-order chi connectivity index (χ1) is 16.6. The lowest BCUT2D eigenvalue weighted by Gasteiger charge is -2.36. The van der Waals surface area contributed by atoms with Gasteiger partial charge in [-0.05, 0) is 44.2 Å². The van der Waals surface area contributed by atoms with E-state index in [4.69, 9.17) is 0 Å². The lowest BCUT2D eigenvalue weighted by atomic mass is 10.2. The fourth-order valence-corrected chi connectivity index (χ4v) is 4.98. The molecular formula is C25H30FN5O2S. The summed E-state index contributed by atoms with van der Waals surface area (Å²) in [7, 11) is 0. The van der Waals surface area contributed by atoms with Crippen LogP contribution in [-0.4, -0.2) is 65.4 Å². The number of aryl methyl sites for hydroxylation is 1. The number of nitrogens with zero attached hydrogens (tertiary/aromatic N) is 4. The topological polar surface area (TPSA) is 70.5 Å². The minimum absolute atomic E-state index is 0.105. The van der Waals surface area contributed by atoms with Crippen molar-refractivity contribution in [1.82, 2.24) is 19.8 Å². The number of anilines is 1. The quantitative estimate of drug-likeness (QED) is 0.373. The van der Waals surface area contributed by atoms with Crippen molar-refractivity contribution in [3.05, 3.63) is 64.7 Å². The molecule has 0 atom stereocenters. The standard InChI is InChI=1S/C25H30FN5O2S/c1-2-31-22-11-6-4-9-20(22)28-24(25(31)33)34-18-23(32)27-12-7-13-29-14-16-30(17-15-29)21-10-5-3-8-19(21)26/h3-6,8-11H,2,7,12-18H2,1H3,(H,27,32). The minimum Gasteiger partial charge on any atom is -0.367 e. The van der Waals surface area contributed by atoms with E-state index in [1.165, 1.54) is 17.8 Å². The number of rotatable bonds is 9. The Balaban J connectivity index is 1.18. The van der Waals surface area contributed by atoms with Gasteiger partial charge in [-0.25, -0.2) is 9.37 Å². The molecule has 2 heterocycles. The van der Waals surface area contributed by atoms with E-state index < -0.39 is 0 Å². The lowest BCUT2D eigenvalue weighted by molar-refractivity contribution is -0.118. The van der Waals surface area contributed by atoms with Crippen molar-refractivity contribution in [1.29, 1.82) is 0 Å². The summed E-state index contributed by atoms with van der Waals surface area (Å²) in [4.78, 5) is 33.9. The number of thioether (sulfide) groups is 1. The van der Waals surface area contributed by atoms with Gasteiger partial charge in [0, 0.05) is 39.3 Å². The summed E-state index contributed by atoms with van der Waals surface area (Å²) in [6, 6.07) is 14.4. The number of hydrogen-bond acceptors (Lipinski definition) is 6. The number of carbonyl (C=O) groups is 1. The summed E-state index contributed by atoms with van der Waals surface area (Å²) in [5, 5.41) is 3.29. The Labute approximate surface area is 203 Å². The fourth-order valence-electron chi connectivity index (χ4n) is 4.21. The Kier molecular flexibility index (Phi) is 8.18. The average Bonchev–Trinajstić information content (AvgIpc) is 2.86. The van der Waals surface area contributed by atoms with Crippen molar-refractivity contribution >= 4 is 34.4 Å². The lowest BCUT2D eigenvalue weighted by Crippen LogP contribution is -2.47. The molecule has 0 saturated carbocycles. The van der Waals surface area contributed by atoms with Gasteiger partial charge in [-0.2, -0.15) is 0 Å². The van der Waals surface area contributed by atoms with Crippen molar-refractivity contribution < 1.29 is 9.18 Å². The van der Waals surface area contributed by atoms with Gasteiger partial charge in [0.15, 0.2) is 5.03 Å². The van der Waals surface area contributed by atoms with Crippen molar-refractivity contribution in [2.75, 3.05) is 49.9 Å². The Morgan fingerprint density at radius 2 is 1.82 bits per heavy atom. The highest BCUT2D eigenvalue weighted by Crippen LogP contribution is 2.20. The molecule has 1 N–H and O–H groups in total. The molecule has 7 nitrogen and oxygen atoms in total. The van der Waals surface area contributed by atoms with Gasteiger partial charge in [0.2, 0.25) is 5.91 Å². The van der Waals surface area contributed by atoms with Gasteiger partial charge < -0.3 is 14.8 Å². The molecule has 1 saturated heterocycles. The molecule has 9 heteroatoms. The predicted octanol–water partition coefficient (Wildman–Crippen LogP) is 2.98. The third kappa shape index (κ3) is 5.77. The smallest absolute Gasteiger partial charge is 0.283 e. The number of nitrogens with one attached hydrogen (secondary N) is 1. The molecular weight excluding hydrogens is 453 g/mol. The summed E-state index contributed by atoms with van der Waals surface area (Å²) in [6.07, 6.45) is 0.840. The third-order valence-corrected chi connectivity index (χ3v) is 6.96. The molecule has 2 aromatic carbocycles. The second-order valence-corrected chi connectivity index (χ2v) is 9.19. The predicted molar refractivity (Wildman–Crippen MR) is 135 cm³/mol. The SMILES string of the molecule is CCn1c(=O)c(SCC(=O)NCCCN2CCN(c3ccccc3F)CC2)nc2ccccc21. The van der Waals surface area contributed by atoms with Gasteiger partial charge >= 0.3 is 0 Å². The Morgan fingerprint density at radius 3 is 2.59 bits per heavy atom. The number of para-hydroxylation sites is 3. The van der Waals surface area contributed by atoms with E-state index in [0.29, 0.717) is 23.8 Å². The maximum atomic E-state index is 14.0. The van der Waals surface area contributed by atoms with Crippen LogP contribution < -0.4 is 15.8 Å². The second-order valence-electron chi connectivity index (χ2n) is 8.23. The highest BCUT2D eigenvalue weighted by atomic mass is 32.2. The van der Waals surface area contributed by atoms with Crippen molar-refractivity contribution in [3.8, 4) is 0 Å². The third-order valence-electron chi connectivity index (χ3n) is 6.02. The van der Waals surface area contributed by atoms with Crippen LogP contribution >= 0.6 is 11.8 Å². The van der Waals surface area contributed by atoms with Crippen molar-refractivity contribution in [2.24, 2.45) is 0 Å². The number of carbonyl (C=O) groups excluding carboxylic acids is 1. The summed E-state index contributed by atoms with van der Waals surface area (Å²) in [6.45, 7) is 7.26. The fraction of sp³-hybridized carbons (Fsp3) is 0.400. The number of hydrogen-bond donors (Lipinski definition) is 1. The molecule has 4 rings (SSSR count). The first kappa shape index (κ1) is 24.2. The van der Waals surface area contributed by atoms with Gasteiger partial charge in [-0.3, -0.25) is 14.5 Å². The summed E-state index contributed by atoms with van der Waals surface area (Å²) in [5.41, 5.74) is 2.06. The van der Waals surface area contributed by atoms with Crippen LogP contribution in [0.4, 0.5) is 10.1 Å². The normalized spacial score (nSPS) is 14.5. The van der Waals surface area contributed by atoms with Crippen molar-refractivity contribution in [2.45, 2.75) is 24.9 Å². The zero-order chi connectivity index (χ0) is 23.9. The summed E-state index contributed by atoms with van der Waals surface area (Å²) in [5.74, 6) is -0.123. The number of piperazine rings is 1. The number of benzene rings is 2. The highest BCUT2D eigenvalue weighted by Gasteiger charge is 2.19. The first-order valence-electron chi connectivity index (χ1n) is 11.7. The molecule has 34 heavy (non-hydrogen) atoms. The van der Waals surface area contributed by atoms with Crippen LogP contribution in [0, 0.1) is 5.82 Å². The molecule has 0 radical (unpaired) electrons. The molecule has 0 spiro atoms. The largest absolute Gasteiger partial charge is 0.367 e. The Hall–Kier alpha value is -2.91. The molecule has 0 bridgehead atoms. The monoisotopic (exact) mass is 483 g/mol. The molecule has 1 aliphatic heterocycles. The average molecular weight is 484 g/mol.